The van der Waals surface area contributed by atoms with Gasteiger partial charge in [-0.15, -0.1) is 10.2 Å². The van der Waals surface area contributed by atoms with Crippen molar-refractivity contribution in [3.63, 3.8) is 0 Å². The third kappa shape index (κ3) is 2.38. The molecule has 1 saturated heterocycles. The summed E-state index contributed by atoms with van der Waals surface area (Å²) in [6.07, 6.45) is 4.02. The summed E-state index contributed by atoms with van der Waals surface area (Å²) < 4.78 is 17.6. The average Bonchev–Trinajstić information content (AvgIpc) is 3.41. The summed E-state index contributed by atoms with van der Waals surface area (Å²) >= 11 is 1.29. The Kier molecular flexibility index (Phi) is 3.25. The third-order valence-corrected chi connectivity index (χ3v) is 5.39. The predicted molar refractivity (Wildman–Crippen MR) is 87.9 cm³/mol. The van der Waals surface area contributed by atoms with Gasteiger partial charge in [-0.05, 0) is 30.1 Å². The molecule has 3 aromatic rings. The van der Waals surface area contributed by atoms with Crippen LogP contribution in [-0.2, 0) is 17.9 Å². The number of hydrogen-bond acceptors (Lipinski definition) is 7. The summed E-state index contributed by atoms with van der Waals surface area (Å²) in [5.74, 6) is 2.18. The zero-order valence-corrected chi connectivity index (χ0v) is 14.1. The van der Waals surface area contributed by atoms with Gasteiger partial charge in [0, 0.05) is 11.9 Å². The largest absolute Gasteiger partial charge is 0.461 e. The van der Waals surface area contributed by atoms with Crippen molar-refractivity contribution in [2.24, 2.45) is 0 Å². The lowest BCUT2D eigenvalue weighted by Gasteiger charge is -2.34. The molecule has 0 aromatic carbocycles. The van der Waals surface area contributed by atoms with E-state index in [0.29, 0.717) is 43.4 Å². The monoisotopic (exact) mass is 357 g/mol. The molecule has 3 aromatic heterocycles. The number of carbonyl (C=O) groups excluding carboxylic acids is 1. The van der Waals surface area contributed by atoms with Gasteiger partial charge in [0.2, 0.25) is 0 Å². The van der Waals surface area contributed by atoms with Crippen molar-refractivity contribution >= 4 is 17.4 Å². The minimum absolute atomic E-state index is 0.00929. The van der Waals surface area contributed by atoms with Crippen molar-refractivity contribution in [2.45, 2.75) is 25.2 Å². The first-order valence-electron chi connectivity index (χ1n) is 8.03. The van der Waals surface area contributed by atoms with E-state index in [9.17, 15) is 4.79 Å². The second kappa shape index (κ2) is 5.50. The van der Waals surface area contributed by atoms with Crippen LogP contribution in [0.5, 0.6) is 0 Å². The Bertz CT molecular complexity index is 905. The number of nitrogens with zero attached hydrogens (tertiary/aromatic N) is 5. The van der Waals surface area contributed by atoms with Crippen LogP contribution in [0.3, 0.4) is 0 Å². The maximum absolute atomic E-state index is 12.6. The lowest BCUT2D eigenvalue weighted by Crippen LogP contribution is -2.45. The Hall–Kier alpha value is -2.52. The Labute approximate surface area is 147 Å². The summed E-state index contributed by atoms with van der Waals surface area (Å²) in [5, 5.41) is 10.2. The standard InChI is InChI=1S/C16H15N5O3S/c22-15(11-6-17-25-8-11)20-4-3-16(9-20)10-21-13(7-24-16)18-19-14(21)12-2-1-5-23-12/h1-2,5-6,8H,3-4,7,9-10H2. The van der Waals surface area contributed by atoms with Crippen LogP contribution in [0.25, 0.3) is 11.6 Å². The van der Waals surface area contributed by atoms with Crippen LogP contribution in [0.1, 0.15) is 22.6 Å². The summed E-state index contributed by atoms with van der Waals surface area (Å²) in [5.41, 5.74) is 0.231. The molecule has 0 aliphatic carbocycles. The van der Waals surface area contributed by atoms with Gasteiger partial charge in [0.05, 0.1) is 31.1 Å². The SMILES string of the molecule is O=C(c1cnsc1)N1CCC2(C1)Cn1c(nnc1-c1ccco1)CO2. The average molecular weight is 357 g/mol. The topological polar surface area (TPSA) is 86.3 Å². The number of aromatic nitrogens is 4. The van der Waals surface area contributed by atoms with Crippen LogP contribution in [0.2, 0.25) is 0 Å². The fourth-order valence-corrected chi connectivity index (χ4v) is 4.02. The fraction of sp³-hybridized carbons (Fsp3) is 0.375. The van der Waals surface area contributed by atoms with Gasteiger partial charge in [0.15, 0.2) is 17.4 Å². The lowest BCUT2D eigenvalue weighted by atomic mass is 10.0. The van der Waals surface area contributed by atoms with Gasteiger partial charge >= 0.3 is 0 Å². The molecule has 1 spiro atoms. The van der Waals surface area contributed by atoms with Crippen molar-refractivity contribution in [2.75, 3.05) is 13.1 Å². The van der Waals surface area contributed by atoms with Crippen LogP contribution < -0.4 is 0 Å². The number of rotatable bonds is 2. The van der Waals surface area contributed by atoms with E-state index in [1.165, 1.54) is 11.5 Å². The molecule has 5 rings (SSSR count). The minimum atomic E-state index is -0.407. The highest BCUT2D eigenvalue weighted by Crippen LogP contribution is 2.35. The van der Waals surface area contributed by atoms with Gasteiger partial charge in [0.25, 0.3) is 5.91 Å². The summed E-state index contributed by atoms with van der Waals surface area (Å²) in [6.45, 7) is 2.21. The summed E-state index contributed by atoms with van der Waals surface area (Å²) in [4.78, 5) is 14.4. The zero-order valence-electron chi connectivity index (χ0n) is 13.3. The van der Waals surface area contributed by atoms with Crippen LogP contribution in [0, 0.1) is 0 Å². The molecular formula is C16H15N5O3S. The second-order valence-electron chi connectivity index (χ2n) is 6.36. The molecule has 25 heavy (non-hydrogen) atoms. The highest BCUT2D eigenvalue weighted by atomic mass is 32.1. The number of carbonyl (C=O) groups is 1. The summed E-state index contributed by atoms with van der Waals surface area (Å²) in [6, 6.07) is 3.70. The molecule has 1 unspecified atom stereocenters. The molecule has 1 amide bonds. The zero-order chi connectivity index (χ0) is 16.9. The van der Waals surface area contributed by atoms with Crippen molar-refractivity contribution < 1.29 is 13.9 Å². The minimum Gasteiger partial charge on any atom is -0.461 e. The molecule has 0 bridgehead atoms. The first-order valence-corrected chi connectivity index (χ1v) is 8.86. The van der Waals surface area contributed by atoms with Gasteiger partial charge in [-0.2, -0.15) is 0 Å². The molecule has 5 heterocycles. The van der Waals surface area contributed by atoms with E-state index in [-0.39, 0.29) is 5.91 Å². The molecule has 0 saturated carbocycles. The lowest BCUT2D eigenvalue weighted by molar-refractivity contribution is -0.0805. The van der Waals surface area contributed by atoms with Crippen molar-refractivity contribution in [1.82, 2.24) is 24.0 Å². The van der Waals surface area contributed by atoms with Gasteiger partial charge in [-0.25, -0.2) is 4.37 Å². The van der Waals surface area contributed by atoms with Gasteiger partial charge in [-0.3, -0.25) is 4.79 Å². The third-order valence-electron chi connectivity index (χ3n) is 4.81. The molecule has 128 valence electrons. The maximum Gasteiger partial charge on any atom is 0.256 e. The Morgan fingerprint density at radius 2 is 2.28 bits per heavy atom. The Morgan fingerprint density at radius 3 is 3.08 bits per heavy atom. The van der Waals surface area contributed by atoms with E-state index in [1.807, 2.05) is 21.6 Å². The highest BCUT2D eigenvalue weighted by molar-refractivity contribution is 7.03. The van der Waals surface area contributed by atoms with Crippen LogP contribution >= 0.6 is 11.5 Å². The molecule has 2 aliphatic rings. The molecule has 9 heteroatoms. The number of hydrogen-bond donors (Lipinski definition) is 0. The van der Waals surface area contributed by atoms with E-state index in [0.717, 1.165) is 12.2 Å². The van der Waals surface area contributed by atoms with Crippen molar-refractivity contribution in [3.05, 3.63) is 41.4 Å². The normalized spacial score (nSPS) is 22.5. The van der Waals surface area contributed by atoms with Crippen molar-refractivity contribution in [1.29, 1.82) is 0 Å². The van der Waals surface area contributed by atoms with E-state index in [4.69, 9.17) is 9.15 Å². The maximum atomic E-state index is 12.6. The quantitative estimate of drug-likeness (QED) is 0.695. The fourth-order valence-electron chi connectivity index (χ4n) is 3.51. The van der Waals surface area contributed by atoms with E-state index < -0.39 is 5.60 Å². The molecular weight excluding hydrogens is 342 g/mol. The van der Waals surface area contributed by atoms with Crippen molar-refractivity contribution in [3.8, 4) is 11.6 Å². The predicted octanol–water partition coefficient (Wildman–Crippen LogP) is 1.81. The van der Waals surface area contributed by atoms with Gasteiger partial charge < -0.3 is 18.6 Å². The molecule has 0 radical (unpaired) electrons. The van der Waals surface area contributed by atoms with Gasteiger partial charge in [0.1, 0.15) is 12.2 Å². The van der Waals surface area contributed by atoms with Gasteiger partial charge in [-0.1, -0.05) is 0 Å². The number of ether oxygens (including phenoxy) is 1. The molecule has 1 fully saturated rings. The Morgan fingerprint density at radius 1 is 1.32 bits per heavy atom. The van der Waals surface area contributed by atoms with E-state index in [2.05, 4.69) is 14.6 Å². The second-order valence-corrected chi connectivity index (χ2v) is 7.02. The summed E-state index contributed by atoms with van der Waals surface area (Å²) in [7, 11) is 0. The molecule has 1 atom stereocenters. The highest BCUT2D eigenvalue weighted by Gasteiger charge is 2.45. The number of amides is 1. The molecule has 0 N–H and O–H groups in total. The van der Waals surface area contributed by atoms with E-state index >= 15 is 0 Å². The smallest absolute Gasteiger partial charge is 0.256 e. The Balaban J connectivity index is 1.40. The first-order chi connectivity index (χ1) is 12.2. The number of likely N-dealkylation sites (tertiary alicyclic amines) is 1. The number of furan rings is 1. The molecule has 2 aliphatic heterocycles. The van der Waals surface area contributed by atoms with Crippen LogP contribution in [-0.4, -0.2) is 48.6 Å². The van der Waals surface area contributed by atoms with Crippen LogP contribution in [0.15, 0.2) is 34.4 Å². The number of fused-ring (bicyclic) bond motifs is 1. The first kappa shape index (κ1) is 14.8. The van der Waals surface area contributed by atoms with Crippen LogP contribution in [0.4, 0.5) is 0 Å². The molecule has 8 nitrogen and oxygen atoms in total. The van der Waals surface area contributed by atoms with E-state index in [1.54, 1.807) is 17.8 Å².